The molecule has 0 aromatic carbocycles. The zero-order valence-electron chi connectivity index (χ0n) is 11.1. The second-order valence-corrected chi connectivity index (χ2v) is 4.93. The molecule has 4 heteroatoms. The van der Waals surface area contributed by atoms with Gasteiger partial charge >= 0.3 is 0 Å². The lowest BCUT2D eigenvalue weighted by Gasteiger charge is -2.20. The van der Waals surface area contributed by atoms with Crippen molar-refractivity contribution < 1.29 is 0 Å². The maximum atomic E-state index is 4.74. The summed E-state index contributed by atoms with van der Waals surface area (Å²) in [6.45, 7) is 4.99. The van der Waals surface area contributed by atoms with Crippen LogP contribution in [-0.4, -0.2) is 35.5 Å². The summed E-state index contributed by atoms with van der Waals surface area (Å²) in [5.41, 5.74) is 3.88. The fourth-order valence-electron chi connectivity index (χ4n) is 2.29. The van der Waals surface area contributed by atoms with Gasteiger partial charge in [0.05, 0.1) is 12.2 Å². The zero-order valence-corrected chi connectivity index (χ0v) is 11.1. The maximum absolute atomic E-state index is 4.74. The second kappa shape index (κ2) is 5.56. The molecule has 17 heavy (non-hydrogen) atoms. The highest BCUT2D eigenvalue weighted by Crippen LogP contribution is 2.17. The van der Waals surface area contributed by atoms with E-state index in [0.29, 0.717) is 0 Å². The number of aromatic nitrogens is 2. The molecule has 2 heterocycles. The highest BCUT2D eigenvalue weighted by Gasteiger charge is 2.16. The van der Waals surface area contributed by atoms with E-state index >= 15 is 0 Å². The van der Waals surface area contributed by atoms with Gasteiger partial charge in [-0.25, -0.2) is 9.97 Å². The van der Waals surface area contributed by atoms with Gasteiger partial charge in [-0.1, -0.05) is 13.3 Å². The summed E-state index contributed by atoms with van der Waals surface area (Å²) in [5.74, 6) is 0.959. The van der Waals surface area contributed by atoms with Crippen molar-refractivity contribution in [2.75, 3.05) is 20.6 Å². The first kappa shape index (κ1) is 12.5. The Kier molecular flexibility index (Phi) is 4.07. The lowest BCUT2D eigenvalue weighted by molar-refractivity contribution is 0.387. The van der Waals surface area contributed by atoms with Crippen molar-refractivity contribution >= 4 is 0 Å². The molecule has 0 saturated heterocycles. The molecule has 4 nitrogen and oxygen atoms in total. The summed E-state index contributed by atoms with van der Waals surface area (Å²) in [5, 5.41) is 3.39. The zero-order chi connectivity index (χ0) is 12.3. The van der Waals surface area contributed by atoms with E-state index in [1.165, 1.54) is 17.0 Å². The first-order valence-corrected chi connectivity index (χ1v) is 6.43. The minimum absolute atomic E-state index is 0.823. The molecule has 0 saturated carbocycles. The Hall–Kier alpha value is -1.00. The van der Waals surface area contributed by atoms with Crippen molar-refractivity contribution in [1.82, 2.24) is 20.2 Å². The van der Waals surface area contributed by atoms with Gasteiger partial charge in [-0.05, 0) is 39.0 Å². The van der Waals surface area contributed by atoms with Crippen LogP contribution >= 0.6 is 0 Å². The minimum atomic E-state index is 0.823. The van der Waals surface area contributed by atoms with Crippen molar-refractivity contribution in [2.45, 2.75) is 39.3 Å². The van der Waals surface area contributed by atoms with Gasteiger partial charge in [0.2, 0.25) is 0 Å². The molecule has 0 atom stereocenters. The van der Waals surface area contributed by atoms with Crippen molar-refractivity contribution in [3.8, 4) is 0 Å². The van der Waals surface area contributed by atoms with Gasteiger partial charge in [0.25, 0.3) is 0 Å². The Bertz CT molecular complexity index is 387. The predicted octanol–water partition coefficient (Wildman–Crippen LogP) is 1.14. The summed E-state index contributed by atoms with van der Waals surface area (Å²) >= 11 is 0. The minimum Gasteiger partial charge on any atom is -0.311 e. The van der Waals surface area contributed by atoms with Crippen LogP contribution in [-0.2, 0) is 25.9 Å². The first-order valence-electron chi connectivity index (χ1n) is 6.43. The Morgan fingerprint density at radius 2 is 2.12 bits per heavy atom. The van der Waals surface area contributed by atoms with Crippen molar-refractivity contribution in [3.05, 3.63) is 22.8 Å². The summed E-state index contributed by atoms with van der Waals surface area (Å²) in [6.07, 6.45) is 3.30. The topological polar surface area (TPSA) is 41.1 Å². The highest BCUT2D eigenvalue weighted by molar-refractivity contribution is 5.28. The Balaban J connectivity index is 2.33. The van der Waals surface area contributed by atoms with Crippen LogP contribution in [0.2, 0.25) is 0 Å². The van der Waals surface area contributed by atoms with Gasteiger partial charge in [0, 0.05) is 12.2 Å². The van der Waals surface area contributed by atoms with E-state index in [0.717, 1.165) is 44.7 Å². The number of aryl methyl sites for hydroxylation is 1. The molecule has 1 aliphatic rings. The molecule has 0 bridgehead atoms. The van der Waals surface area contributed by atoms with E-state index < -0.39 is 0 Å². The molecule has 0 fully saturated rings. The van der Waals surface area contributed by atoms with E-state index in [4.69, 9.17) is 4.98 Å². The molecule has 0 unspecified atom stereocenters. The molecule has 1 aliphatic heterocycles. The quantitative estimate of drug-likeness (QED) is 0.848. The fraction of sp³-hybridized carbons (Fsp3) is 0.692. The van der Waals surface area contributed by atoms with Gasteiger partial charge in [-0.2, -0.15) is 0 Å². The average molecular weight is 234 g/mol. The van der Waals surface area contributed by atoms with E-state index in [9.17, 15) is 0 Å². The lowest BCUT2D eigenvalue weighted by atomic mass is 10.0. The normalized spacial score (nSPS) is 15.1. The largest absolute Gasteiger partial charge is 0.311 e. The Morgan fingerprint density at radius 1 is 1.29 bits per heavy atom. The van der Waals surface area contributed by atoms with Crippen molar-refractivity contribution in [3.63, 3.8) is 0 Å². The van der Waals surface area contributed by atoms with E-state index in [1.54, 1.807) is 0 Å². The SMILES string of the molecule is CCCc1nc(CN(C)C)nc2c1CCNC2. The smallest absolute Gasteiger partial charge is 0.142 e. The Labute approximate surface area is 103 Å². The van der Waals surface area contributed by atoms with Crippen LogP contribution in [0.3, 0.4) is 0 Å². The van der Waals surface area contributed by atoms with E-state index in [1.807, 2.05) is 0 Å². The molecular weight excluding hydrogens is 212 g/mol. The van der Waals surface area contributed by atoms with Crippen LogP contribution in [0.5, 0.6) is 0 Å². The highest BCUT2D eigenvalue weighted by atomic mass is 15.1. The summed E-state index contributed by atoms with van der Waals surface area (Å²) in [6, 6.07) is 0. The van der Waals surface area contributed by atoms with Gasteiger partial charge in [0.15, 0.2) is 0 Å². The molecule has 1 N–H and O–H groups in total. The summed E-state index contributed by atoms with van der Waals surface area (Å²) < 4.78 is 0. The van der Waals surface area contributed by atoms with Gasteiger partial charge in [0.1, 0.15) is 5.82 Å². The molecule has 1 aromatic rings. The molecule has 2 rings (SSSR count). The van der Waals surface area contributed by atoms with Crippen LogP contribution in [0.4, 0.5) is 0 Å². The monoisotopic (exact) mass is 234 g/mol. The number of rotatable bonds is 4. The molecule has 0 amide bonds. The molecule has 1 aromatic heterocycles. The average Bonchev–Trinajstić information content (AvgIpc) is 2.28. The third-order valence-corrected chi connectivity index (χ3v) is 3.01. The van der Waals surface area contributed by atoms with Gasteiger partial charge in [-0.15, -0.1) is 0 Å². The van der Waals surface area contributed by atoms with Crippen molar-refractivity contribution in [2.24, 2.45) is 0 Å². The molecule has 0 spiro atoms. The summed E-state index contributed by atoms with van der Waals surface area (Å²) in [7, 11) is 4.11. The number of hydrogen-bond acceptors (Lipinski definition) is 4. The standard InChI is InChI=1S/C13H22N4/c1-4-5-11-10-6-7-14-8-12(10)16-13(15-11)9-17(2)3/h14H,4-9H2,1-3H3. The van der Waals surface area contributed by atoms with Crippen molar-refractivity contribution in [1.29, 1.82) is 0 Å². The second-order valence-electron chi connectivity index (χ2n) is 4.93. The van der Waals surface area contributed by atoms with Crippen LogP contribution in [0, 0.1) is 0 Å². The molecule has 0 aliphatic carbocycles. The number of fused-ring (bicyclic) bond motifs is 1. The molecule has 0 radical (unpaired) electrons. The third kappa shape index (κ3) is 3.01. The van der Waals surface area contributed by atoms with Crippen LogP contribution in [0.25, 0.3) is 0 Å². The van der Waals surface area contributed by atoms with Crippen LogP contribution < -0.4 is 5.32 Å². The van der Waals surface area contributed by atoms with Crippen LogP contribution in [0.15, 0.2) is 0 Å². The molecule has 94 valence electrons. The maximum Gasteiger partial charge on any atom is 0.142 e. The van der Waals surface area contributed by atoms with E-state index in [-0.39, 0.29) is 0 Å². The third-order valence-electron chi connectivity index (χ3n) is 3.01. The lowest BCUT2D eigenvalue weighted by Crippen LogP contribution is -2.28. The number of nitrogens with zero attached hydrogens (tertiary/aromatic N) is 3. The number of nitrogens with one attached hydrogen (secondary N) is 1. The predicted molar refractivity (Wildman–Crippen MR) is 68.8 cm³/mol. The Morgan fingerprint density at radius 3 is 2.82 bits per heavy atom. The number of hydrogen-bond donors (Lipinski definition) is 1. The van der Waals surface area contributed by atoms with Gasteiger partial charge < -0.3 is 10.2 Å². The van der Waals surface area contributed by atoms with Crippen LogP contribution in [0.1, 0.15) is 36.1 Å². The fourth-order valence-corrected chi connectivity index (χ4v) is 2.29. The first-order chi connectivity index (χ1) is 8.20. The molecular formula is C13H22N4. The van der Waals surface area contributed by atoms with E-state index in [2.05, 4.69) is 36.2 Å². The van der Waals surface area contributed by atoms with Gasteiger partial charge in [-0.3, -0.25) is 0 Å². The summed E-state index contributed by atoms with van der Waals surface area (Å²) in [4.78, 5) is 11.5.